The van der Waals surface area contributed by atoms with E-state index < -0.39 is 42.9 Å². The van der Waals surface area contributed by atoms with Crippen molar-refractivity contribution >= 4 is 26.0 Å². The second kappa shape index (κ2) is 12.4. The molecule has 0 aromatic heterocycles. The highest BCUT2D eigenvalue weighted by Gasteiger charge is 2.68. The van der Waals surface area contributed by atoms with Gasteiger partial charge in [-0.15, -0.1) is 0 Å². The Hall–Kier alpha value is -2.45. The summed E-state index contributed by atoms with van der Waals surface area (Å²) in [7, 11) is -11.0. The Balaban J connectivity index is 0.000000748. The smallest absolute Gasteiger partial charge is 0.456 e. The molecule has 226 valence electrons. The summed E-state index contributed by atoms with van der Waals surface area (Å²) in [4.78, 5) is 11.3. The van der Waals surface area contributed by atoms with Gasteiger partial charge >= 0.3 is 28.8 Å². The number of alkyl halides is 10. The number of ether oxygens (including phenoxy) is 1. The summed E-state index contributed by atoms with van der Waals surface area (Å²) in [6.45, 7) is 7.35. The molecule has 1 aromatic rings. The van der Waals surface area contributed by atoms with E-state index in [4.69, 9.17) is 4.74 Å². The Labute approximate surface area is 216 Å². The van der Waals surface area contributed by atoms with Gasteiger partial charge in [0.15, 0.2) is 20.0 Å². The molecular weight excluding hydrogens is 606 g/mol. The van der Waals surface area contributed by atoms with E-state index in [2.05, 4.69) is 32.8 Å². The average Bonchev–Trinajstić information content (AvgIpc) is 2.71. The molecule has 0 aliphatic rings. The highest BCUT2D eigenvalue weighted by molar-refractivity contribution is 8.13. The number of carbonyl (C=O) groups excluding carboxylic acids is 1. The molecule has 0 saturated heterocycles. The Morgan fingerprint density at radius 1 is 0.846 bits per heavy atom. The van der Waals surface area contributed by atoms with Gasteiger partial charge in [-0.25, -0.2) is 21.6 Å². The fourth-order valence-electron chi connectivity index (χ4n) is 2.18. The van der Waals surface area contributed by atoms with Crippen molar-refractivity contribution in [2.75, 3.05) is 27.2 Å². The van der Waals surface area contributed by atoms with E-state index in [1.165, 1.54) is 5.56 Å². The van der Waals surface area contributed by atoms with Crippen LogP contribution in [0.15, 0.2) is 42.5 Å². The Morgan fingerprint density at radius 2 is 1.23 bits per heavy atom. The van der Waals surface area contributed by atoms with E-state index in [0.29, 0.717) is 16.3 Å². The Bertz CT molecular complexity index is 1160. The maximum Gasteiger partial charge on any atom is 0.467 e. The number of nitrogens with zero attached hydrogens (tertiary/aromatic N) is 2. The van der Waals surface area contributed by atoms with Crippen molar-refractivity contribution in [3.05, 3.63) is 52.2 Å². The first-order valence-corrected chi connectivity index (χ1v) is 12.8. The van der Waals surface area contributed by atoms with Crippen molar-refractivity contribution in [3.63, 3.8) is 0 Å². The van der Waals surface area contributed by atoms with Gasteiger partial charge in [0, 0.05) is 11.1 Å². The largest absolute Gasteiger partial charge is 0.467 e. The molecule has 1 rings (SSSR count). The summed E-state index contributed by atoms with van der Waals surface area (Å²) in [5.74, 6) is -0.310. The van der Waals surface area contributed by atoms with Gasteiger partial charge in [0.2, 0.25) is 0 Å². The first kappa shape index (κ1) is 36.5. The molecule has 1 aromatic carbocycles. The van der Waals surface area contributed by atoms with Gasteiger partial charge in [-0.05, 0) is 6.92 Å². The number of hydrogen-bond donors (Lipinski definition) is 0. The molecule has 0 spiro atoms. The van der Waals surface area contributed by atoms with Crippen molar-refractivity contribution in [1.82, 2.24) is 0 Å². The molecule has 0 saturated carbocycles. The van der Waals surface area contributed by atoms with Crippen molar-refractivity contribution in [2.45, 2.75) is 36.3 Å². The monoisotopic (exact) mass is 628 g/mol. The lowest BCUT2D eigenvalue weighted by atomic mass is 10.2. The predicted molar refractivity (Wildman–Crippen MR) is 116 cm³/mol. The van der Waals surface area contributed by atoms with Crippen LogP contribution in [0, 0.1) is 0 Å². The minimum atomic E-state index is -7.62. The van der Waals surface area contributed by atoms with Crippen LogP contribution in [-0.2, 0) is 36.1 Å². The van der Waals surface area contributed by atoms with E-state index >= 15 is 0 Å². The molecule has 0 aliphatic carbocycles. The molecule has 0 atom stereocenters. The molecule has 0 heterocycles. The van der Waals surface area contributed by atoms with Crippen LogP contribution in [0.3, 0.4) is 0 Å². The molecule has 0 amide bonds. The molecule has 0 bridgehead atoms. The van der Waals surface area contributed by atoms with Crippen molar-refractivity contribution in [3.8, 4) is 0 Å². The minimum absolute atomic E-state index is 0.310. The summed E-state index contributed by atoms with van der Waals surface area (Å²) in [5.41, 5.74) is 1.73. The molecule has 8 nitrogen and oxygen atoms in total. The van der Waals surface area contributed by atoms with Gasteiger partial charge in [-0.3, -0.25) is 0 Å². The topological polar surface area (TPSA) is 109 Å². The van der Waals surface area contributed by atoms with Gasteiger partial charge in [0.1, 0.15) is 19.7 Å². The zero-order chi connectivity index (χ0) is 31.3. The van der Waals surface area contributed by atoms with Gasteiger partial charge in [0.25, 0.3) is 0 Å². The summed E-state index contributed by atoms with van der Waals surface area (Å²) < 4.78 is 167. The van der Waals surface area contributed by atoms with Gasteiger partial charge < -0.3 is 13.3 Å². The van der Waals surface area contributed by atoms with E-state index in [0.717, 1.165) is 17.6 Å². The first-order valence-electron chi connectivity index (χ1n) is 9.92. The SMILES string of the molecule is C=C(C)C(=O)OCC[N+](C)(C)Cc1ccccc1.O=S(=O)([N-]S(=O)(=O)C(F)(F)C(F)(F)F)C(F)(F)C(F)(F)F. The van der Waals surface area contributed by atoms with E-state index in [-0.39, 0.29) is 5.97 Å². The molecule has 0 N–H and O–H groups in total. The van der Waals surface area contributed by atoms with Crippen LogP contribution >= 0.6 is 0 Å². The van der Waals surface area contributed by atoms with Crippen molar-refractivity contribution < 1.29 is 74.8 Å². The summed E-state index contributed by atoms with van der Waals surface area (Å²) in [6, 6.07) is 10.3. The van der Waals surface area contributed by atoms with E-state index in [9.17, 15) is 65.5 Å². The third kappa shape index (κ3) is 9.91. The van der Waals surface area contributed by atoms with Gasteiger partial charge in [0.05, 0.1) is 14.1 Å². The predicted octanol–water partition coefficient (Wildman–Crippen LogP) is 4.71. The molecule has 0 aliphatic heterocycles. The van der Waals surface area contributed by atoms with Gasteiger partial charge in [-0.2, -0.15) is 43.9 Å². The highest BCUT2D eigenvalue weighted by atomic mass is 32.3. The zero-order valence-corrected chi connectivity index (χ0v) is 21.8. The maximum absolute atomic E-state index is 12.3. The minimum Gasteiger partial charge on any atom is -0.456 e. The van der Waals surface area contributed by atoms with Gasteiger partial charge in [-0.1, -0.05) is 36.9 Å². The maximum atomic E-state index is 12.3. The number of rotatable bonds is 10. The molecule has 0 radical (unpaired) electrons. The van der Waals surface area contributed by atoms with Crippen LogP contribution in [-0.4, -0.2) is 77.4 Å². The van der Waals surface area contributed by atoms with Crippen LogP contribution in [0.1, 0.15) is 12.5 Å². The lowest BCUT2D eigenvalue weighted by molar-refractivity contribution is -0.903. The summed E-state index contributed by atoms with van der Waals surface area (Å²) >= 11 is 0. The van der Waals surface area contributed by atoms with Crippen LogP contribution in [0.25, 0.3) is 4.13 Å². The Kier molecular flexibility index (Phi) is 11.6. The first-order chi connectivity index (χ1) is 17.1. The molecule has 20 heteroatoms. The number of benzene rings is 1. The molecule has 0 fully saturated rings. The van der Waals surface area contributed by atoms with Crippen LogP contribution in [0.2, 0.25) is 0 Å². The fourth-order valence-corrected chi connectivity index (χ4v) is 4.55. The second-order valence-electron chi connectivity index (χ2n) is 8.27. The number of halogens is 10. The number of hydrogen-bond acceptors (Lipinski definition) is 6. The quantitative estimate of drug-likeness (QED) is 0.161. The number of carbonyl (C=O) groups is 1. The second-order valence-corrected chi connectivity index (χ2v) is 11.8. The third-order valence-electron chi connectivity index (χ3n) is 4.24. The normalized spacial score (nSPS) is 13.8. The Morgan fingerprint density at radius 3 is 1.56 bits per heavy atom. The number of esters is 1. The molecular formula is C19H22F10N2O6S2. The highest BCUT2D eigenvalue weighted by Crippen LogP contribution is 2.47. The average molecular weight is 629 g/mol. The van der Waals surface area contributed by atoms with Crippen LogP contribution in [0.5, 0.6) is 0 Å². The fraction of sp³-hybridized carbons (Fsp3) is 0.526. The zero-order valence-electron chi connectivity index (χ0n) is 20.2. The number of sulfonamides is 2. The van der Waals surface area contributed by atoms with E-state index in [1.54, 1.807) is 6.92 Å². The molecule has 0 unspecified atom stereocenters. The van der Waals surface area contributed by atoms with Crippen LogP contribution in [0.4, 0.5) is 43.9 Å². The lowest BCUT2D eigenvalue weighted by Gasteiger charge is -2.31. The summed E-state index contributed by atoms with van der Waals surface area (Å²) in [5, 5.41) is -14.0. The third-order valence-corrected chi connectivity index (χ3v) is 7.56. The van der Waals surface area contributed by atoms with Crippen molar-refractivity contribution in [1.29, 1.82) is 0 Å². The molecule has 39 heavy (non-hydrogen) atoms. The lowest BCUT2D eigenvalue weighted by Crippen LogP contribution is -2.48. The number of quaternary nitrogens is 1. The number of likely N-dealkylation sites (N-methyl/N-ethyl adjacent to an activating group) is 1. The summed E-state index contributed by atoms with van der Waals surface area (Å²) in [6.07, 6.45) is -14.0. The van der Waals surface area contributed by atoms with E-state index in [1.807, 2.05) is 18.2 Å². The standard InChI is InChI=1S/C15H22NO2.C4F10NO4S2/c1-13(2)15(17)18-11-10-16(3,4)12-14-8-6-5-7-9-14;5-1(6,7)3(11,12)20(16,17)15-21(18,19)4(13,14)2(8,9)10/h5-9H,1,10-12H2,2-4H3;/q+1;-1. The van der Waals surface area contributed by atoms with Crippen molar-refractivity contribution in [2.24, 2.45) is 0 Å². The van der Waals surface area contributed by atoms with Crippen LogP contribution < -0.4 is 0 Å².